The van der Waals surface area contributed by atoms with E-state index in [0.717, 1.165) is 0 Å². The van der Waals surface area contributed by atoms with Crippen LogP contribution < -0.4 is 9.47 Å². The van der Waals surface area contributed by atoms with Gasteiger partial charge >= 0.3 is 5.97 Å². The Morgan fingerprint density at radius 1 is 1.30 bits per heavy atom. The Kier molecular flexibility index (Phi) is 3.93. The monoisotopic (exact) mass is 276 g/mol. The number of carbonyl (C=O) groups is 1. The van der Waals surface area contributed by atoms with Crippen LogP contribution in [0.3, 0.4) is 0 Å². The van der Waals surface area contributed by atoms with Gasteiger partial charge in [0, 0.05) is 0 Å². The number of nitrogens with zero attached hydrogens (tertiary/aromatic N) is 2. The highest BCUT2D eigenvalue weighted by molar-refractivity contribution is 5.92. The maximum Gasteiger partial charge on any atom is 0.343 e. The van der Waals surface area contributed by atoms with Gasteiger partial charge < -0.3 is 14.6 Å². The minimum Gasteiger partial charge on any atom is -0.494 e. The van der Waals surface area contributed by atoms with Crippen LogP contribution in [0.2, 0.25) is 0 Å². The average Bonchev–Trinajstić information content (AvgIpc) is 2.85. The van der Waals surface area contributed by atoms with Gasteiger partial charge in [-0.2, -0.15) is 9.78 Å². The second kappa shape index (κ2) is 5.64. The number of hydrogen-bond acceptors (Lipinski definition) is 4. The van der Waals surface area contributed by atoms with Crippen LogP contribution in [0.25, 0.3) is 5.69 Å². The average molecular weight is 276 g/mol. The van der Waals surface area contributed by atoms with Crippen molar-refractivity contribution in [1.29, 1.82) is 0 Å². The summed E-state index contributed by atoms with van der Waals surface area (Å²) in [6, 6.07) is 7.23. The largest absolute Gasteiger partial charge is 0.494 e. The summed E-state index contributed by atoms with van der Waals surface area (Å²) in [7, 11) is 2.97. The standard InChI is InChI=1S/C14H16N2O4/c1-4-9-12(14(17)18)13(20-3)16(15-9)10-7-5-6-8-11(10)19-2/h5-8H,4H2,1-3H3,(H,17,18). The molecule has 0 fully saturated rings. The molecule has 0 aliphatic rings. The fraction of sp³-hybridized carbons (Fsp3) is 0.286. The van der Waals surface area contributed by atoms with Gasteiger partial charge in [-0.1, -0.05) is 19.1 Å². The summed E-state index contributed by atoms with van der Waals surface area (Å²) in [6.45, 7) is 1.85. The molecule has 0 spiro atoms. The second-order valence-corrected chi connectivity index (χ2v) is 4.07. The maximum absolute atomic E-state index is 11.4. The Bertz CT molecular complexity index is 634. The molecule has 0 amide bonds. The zero-order valence-electron chi connectivity index (χ0n) is 11.6. The van der Waals surface area contributed by atoms with Crippen LogP contribution in [-0.4, -0.2) is 35.1 Å². The normalized spacial score (nSPS) is 10.3. The number of aromatic carboxylic acids is 1. The summed E-state index contributed by atoms with van der Waals surface area (Å²) >= 11 is 0. The van der Waals surface area contributed by atoms with E-state index in [1.165, 1.54) is 11.8 Å². The lowest BCUT2D eigenvalue weighted by Crippen LogP contribution is -2.04. The molecule has 6 heteroatoms. The van der Waals surface area contributed by atoms with Gasteiger partial charge in [0.1, 0.15) is 17.0 Å². The minimum absolute atomic E-state index is 0.0842. The van der Waals surface area contributed by atoms with Crippen molar-refractivity contribution >= 4 is 5.97 Å². The summed E-state index contributed by atoms with van der Waals surface area (Å²) in [4.78, 5) is 11.4. The first-order valence-electron chi connectivity index (χ1n) is 6.16. The van der Waals surface area contributed by atoms with Gasteiger partial charge in [-0.25, -0.2) is 4.79 Å². The first-order chi connectivity index (χ1) is 9.63. The summed E-state index contributed by atoms with van der Waals surface area (Å²) in [5.74, 6) is -0.272. The molecule has 1 heterocycles. The number of carboxylic acids is 1. The van der Waals surface area contributed by atoms with Crippen molar-refractivity contribution in [3.8, 4) is 17.3 Å². The third-order valence-electron chi connectivity index (χ3n) is 2.97. The van der Waals surface area contributed by atoms with Crippen LogP contribution >= 0.6 is 0 Å². The van der Waals surface area contributed by atoms with Crippen LogP contribution in [0.5, 0.6) is 11.6 Å². The summed E-state index contributed by atoms with van der Waals surface area (Å²) in [5, 5.41) is 13.7. The Balaban J connectivity index is 2.71. The molecule has 0 bridgehead atoms. The van der Waals surface area contributed by atoms with Gasteiger partial charge in [0.2, 0.25) is 5.88 Å². The van der Waals surface area contributed by atoms with Crippen LogP contribution in [0.4, 0.5) is 0 Å². The number of para-hydroxylation sites is 2. The first kappa shape index (κ1) is 13.9. The fourth-order valence-corrected chi connectivity index (χ4v) is 2.06. The Hall–Kier alpha value is -2.50. The van der Waals surface area contributed by atoms with Crippen molar-refractivity contribution in [3.05, 3.63) is 35.5 Å². The molecule has 0 saturated carbocycles. The number of benzene rings is 1. The van der Waals surface area contributed by atoms with E-state index in [-0.39, 0.29) is 11.4 Å². The van der Waals surface area contributed by atoms with E-state index >= 15 is 0 Å². The zero-order valence-corrected chi connectivity index (χ0v) is 11.6. The number of aryl methyl sites for hydroxylation is 1. The molecule has 0 saturated heterocycles. The van der Waals surface area contributed by atoms with E-state index in [1.54, 1.807) is 19.2 Å². The molecule has 106 valence electrons. The zero-order chi connectivity index (χ0) is 14.7. The van der Waals surface area contributed by atoms with Crippen LogP contribution in [-0.2, 0) is 6.42 Å². The maximum atomic E-state index is 11.4. The SMILES string of the molecule is CCc1nn(-c2ccccc2OC)c(OC)c1C(=O)O. The highest BCUT2D eigenvalue weighted by Gasteiger charge is 2.25. The molecule has 1 aromatic heterocycles. The molecule has 6 nitrogen and oxygen atoms in total. The number of ether oxygens (including phenoxy) is 2. The summed E-state index contributed by atoms with van der Waals surface area (Å²) in [5.41, 5.74) is 1.19. The predicted molar refractivity (Wildman–Crippen MR) is 73.0 cm³/mol. The van der Waals surface area contributed by atoms with Gasteiger partial charge in [-0.3, -0.25) is 0 Å². The lowest BCUT2D eigenvalue weighted by atomic mass is 10.2. The molecule has 1 N–H and O–H groups in total. The van der Waals surface area contributed by atoms with Crippen molar-refractivity contribution in [1.82, 2.24) is 9.78 Å². The Morgan fingerprint density at radius 3 is 2.55 bits per heavy atom. The van der Waals surface area contributed by atoms with E-state index in [4.69, 9.17) is 9.47 Å². The van der Waals surface area contributed by atoms with Crippen molar-refractivity contribution in [2.75, 3.05) is 14.2 Å². The molecule has 0 aliphatic heterocycles. The first-order valence-corrected chi connectivity index (χ1v) is 6.16. The smallest absolute Gasteiger partial charge is 0.343 e. The number of carboxylic acid groups (broad SMARTS) is 1. The highest BCUT2D eigenvalue weighted by Crippen LogP contribution is 2.30. The molecule has 0 unspecified atom stereocenters. The predicted octanol–water partition coefficient (Wildman–Crippen LogP) is 2.15. The van der Waals surface area contributed by atoms with Gasteiger partial charge in [0.15, 0.2) is 0 Å². The highest BCUT2D eigenvalue weighted by atomic mass is 16.5. The Labute approximate surface area is 116 Å². The lowest BCUT2D eigenvalue weighted by molar-refractivity contribution is 0.0692. The quantitative estimate of drug-likeness (QED) is 0.905. The molecule has 2 aromatic rings. The minimum atomic E-state index is -1.06. The molecule has 0 radical (unpaired) electrons. The summed E-state index contributed by atoms with van der Waals surface area (Å²) in [6.07, 6.45) is 0.500. The molecular formula is C14H16N2O4. The van der Waals surface area contributed by atoms with Crippen molar-refractivity contribution < 1.29 is 19.4 Å². The van der Waals surface area contributed by atoms with Crippen molar-refractivity contribution in [2.45, 2.75) is 13.3 Å². The molecular weight excluding hydrogens is 260 g/mol. The number of aromatic nitrogens is 2. The number of hydrogen-bond donors (Lipinski definition) is 1. The van der Waals surface area contributed by atoms with E-state index in [1.807, 2.05) is 19.1 Å². The van der Waals surface area contributed by atoms with Crippen LogP contribution in [0.1, 0.15) is 23.0 Å². The van der Waals surface area contributed by atoms with Gasteiger partial charge in [-0.15, -0.1) is 0 Å². The van der Waals surface area contributed by atoms with Gasteiger partial charge in [0.05, 0.1) is 19.9 Å². The Morgan fingerprint density at radius 2 is 2.00 bits per heavy atom. The lowest BCUT2D eigenvalue weighted by Gasteiger charge is -2.10. The second-order valence-electron chi connectivity index (χ2n) is 4.07. The van der Waals surface area contributed by atoms with E-state index < -0.39 is 5.97 Å². The van der Waals surface area contributed by atoms with Gasteiger partial charge in [-0.05, 0) is 18.6 Å². The van der Waals surface area contributed by atoms with Crippen molar-refractivity contribution in [3.63, 3.8) is 0 Å². The van der Waals surface area contributed by atoms with E-state index in [0.29, 0.717) is 23.6 Å². The molecule has 1 aromatic carbocycles. The third kappa shape index (κ3) is 2.20. The van der Waals surface area contributed by atoms with E-state index in [9.17, 15) is 9.90 Å². The van der Waals surface area contributed by atoms with Crippen LogP contribution in [0.15, 0.2) is 24.3 Å². The molecule has 2 rings (SSSR count). The topological polar surface area (TPSA) is 73.6 Å². The molecule has 0 atom stereocenters. The third-order valence-corrected chi connectivity index (χ3v) is 2.97. The summed E-state index contributed by atoms with van der Waals surface area (Å²) < 4.78 is 12.0. The van der Waals surface area contributed by atoms with Crippen LogP contribution in [0, 0.1) is 0 Å². The molecule has 20 heavy (non-hydrogen) atoms. The van der Waals surface area contributed by atoms with Gasteiger partial charge in [0.25, 0.3) is 0 Å². The van der Waals surface area contributed by atoms with E-state index in [2.05, 4.69) is 5.10 Å². The number of rotatable bonds is 5. The van der Waals surface area contributed by atoms with Crippen molar-refractivity contribution in [2.24, 2.45) is 0 Å². The number of methoxy groups -OCH3 is 2. The molecule has 0 aliphatic carbocycles. The fourth-order valence-electron chi connectivity index (χ4n) is 2.06.